The summed E-state index contributed by atoms with van der Waals surface area (Å²) in [5.74, 6) is 0.294. The zero-order valence-electron chi connectivity index (χ0n) is 15.1. The number of likely N-dealkylation sites (tertiary alicyclic amines) is 1. The Morgan fingerprint density at radius 3 is 2.78 bits per heavy atom. The van der Waals surface area contributed by atoms with Crippen LogP contribution in [0.4, 0.5) is 13.2 Å². The highest BCUT2D eigenvalue weighted by Gasteiger charge is 2.31. The minimum atomic E-state index is -4.42. The average molecular weight is 403 g/mol. The molecule has 2 heterocycles. The lowest BCUT2D eigenvalue weighted by atomic mass is 10.1. The number of carbonyl (C=O) groups excluding carboxylic acids is 1. The molecular formula is C18H22ClF3N4O. The summed E-state index contributed by atoms with van der Waals surface area (Å²) in [6.45, 7) is 3.90. The number of amides is 1. The van der Waals surface area contributed by atoms with E-state index in [1.54, 1.807) is 17.9 Å². The topological polar surface area (TPSA) is 50.2 Å². The molecule has 0 aliphatic carbocycles. The SMILES string of the molecule is CNCC1CCN(C(=O)c2cnn(-c3cccc(C(F)(F)F)c3)c2C)C1.Cl. The molecule has 1 aliphatic heterocycles. The maximum atomic E-state index is 12.9. The third kappa shape index (κ3) is 4.44. The first kappa shape index (κ1) is 21.2. The maximum absolute atomic E-state index is 12.9. The molecule has 0 saturated carbocycles. The molecule has 1 atom stereocenters. The summed E-state index contributed by atoms with van der Waals surface area (Å²) < 4.78 is 40.2. The van der Waals surface area contributed by atoms with Crippen molar-refractivity contribution < 1.29 is 18.0 Å². The van der Waals surface area contributed by atoms with Crippen molar-refractivity contribution in [2.75, 3.05) is 26.7 Å². The number of alkyl halides is 3. The molecule has 9 heteroatoms. The Hall–Kier alpha value is -2.06. The molecule has 1 N–H and O–H groups in total. The van der Waals surface area contributed by atoms with Gasteiger partial charge in [-0.05, 0) is 51.1 Å². The van der Waals surface area contributed by atoms with E-state index >= 15 is 0 Å². The molecule has 3 rings (SSSR count). The second-order valence-electron chi connectivity index (χ2n) is 6.57. The molecule has 1 aliphatic rings. The van der Waals surface area contributed by atoms with Crippen molar-refractivity contribution in [3.8, 4) is 5.69 Å². The van der Waals surface area contributed by atoms with E-state index in [1.807, 2.05) is 7.05 Å². The highest BCUT2D eigenvalue weighted by atomic mass is 35.5. The smallest absolute Gasteiger partial charge is 0.338 e. The Balaban J connectivity index is 0.00000261. The zero-order valence-corrected chi connectivity index (χ0v) is 15.9. The fourth-order valence-corrected chi connectivity index (χ4v) is 3.34. The largest absolute Gasteiger partial charge is 0.416 e. The van der Waals surface area contributed by atoms with E-state index < -0.39 is 11.7 Å². The van der Waals surface area contributed by atoms with E-state index in [0.717, 1.165) is 25.1 Å². The summed E-state index contributed by atoms with van der Waals surface area (Å²) in [5.41, 5.74) is 0.497. The van der Waals surface area contributed by atoms with Gasteiger partial charge in [-0.1, -0.05) is 6.07 Å². The first-order valence-electron chi connectivity index (χ1n) is 8.47. The summed E-state index contributed by atoms with van der Waals surface area (Å²) in [6.07, 6.45) is -2.05. The van der Waals surface area contributed by atoms with Crippen molar-refractivity contribution in [2.45, 2.75) is 19.5 Å². The van der Waals surface area contributed by atoms with Gasteiger partial charge in [0, 0.05) is 13.1 Å². The molecule has 1 aromatic heterocycles. The Kier molecular flexibility index (Phi) is 6.54. The number of nitrogens with one attached hydrogen (secondary N) is 1. The van der Waals surface area contributed by atoms with Crippen LogP contribution in [0.3, 0.4) is 0 Å². The maximum Gasteiger partial charge on any atom is 0.416 e. The number of carbonyl (C=O) groups is 1. The van der Waals surface area contributed by atoms with Crippen molar-refractivity contribution in [3.63, 3.8) is 0 Å². The van der Waals surface area contributed by atoms with Crippen LogP contribution in [0.15, 0.2) is 30.5 Å². The molecule has 1 saturated heterocycles. The van der Waals surface area contributed by atoms with Crippen LogP contribution in [0.25, 0.3) is 5.69 Å². The van der Waals surface area contributed by atoms with Crippen LogP contribution in [-0.4, -0.2) is 47.3 Å². The molecule has 148 valence electrons. The molecule has 27 heavy (non-hydrogen) atoms. The van der Waals surface area contributed by atoms with Crippen molar-refractivity contribution in [3.05, 3.63) is 47.3 Å². The Morgan fingerprint density at radius 2 is 2.11 bits per heavy atom. The quantitative estimate of drug-likeness (QED) is 0.853. The van der Waals surface area contributed by atoms with E-state index in [-0.39, 0.29) is 24.0 Å². The number of rotatable bonds is 4. The van der Waals surface area contributed by atoms with Crippen molar-refractivity contribution >= 4 is 18.3 Å². The normalized spacial score (nSPS) is 17.1. The fourth-order valence-electron chi connectivity index (χ4n) is 3.34. The van der Waals surface area contributed by atoms with Crippen LogP contribution in [0.2, 0.25) is 0 Å². The lowest BCUT2D eigenvalue weighted by molar-refractivity contribution is -0.137. The number of nitrogens with zero attached hydrogens (tertiary/aromatic N) is 3. The van der Waals surface area contributed by atoms with Crippen LogP contribution in [0.1, 0.15) is 28.0 Å². The van der Waals surface area contributed by atoms with Gasteiger partial charge in [0.2, 0.25) is 0 Å². The molecule has 0 bridgehead atoms. The molecule has 1 unspecified atom stereocenters. The van der Waals surface area contributed by atoms with Crippen molar-refractivity contribution in [2.24, 2.45) is 5.92 Å². The molecule has 2 aromatic rings. The van der Waals surface area contributed by atoms with Gasteiger partial charge in [-0.25, -0.2) is 4.68 Å². The summed E-state index contributed by atoms with van der Waals surface area (Å²) in [5, 5.41) is 7.26. The van der Waals surface area contributed by atoms with Crippen LogP contribution in [-0.2, 0) is 6.18 Å². The highest BCUT2D eigenvalue weighted by molar-refractivity contribution is 5.95. The van der Waals surface area contributed by atoms with E-state index in [4.69, 9.17) is 0 Å². The predicted octanol–water partition coefficient (Wildman–Crippen LogP) is 3.30. The van der Waals surface area contributed by atoms with Crippen LogP contribution in [0, 0.1) is 12.8 Å². The molecule has 1 aromatic carbocycles. The van der Waals surface area contributed by atoms with Gasteiger partial charge in [0.15, 0.2) is 0 Å². The Morgan fingerprint density at radius 1 is 1.37 bits per heavy atom. The van der Waals surface area contributed by atoms with Gasteiger partial charge < -0.3 is 10.2 Å². The van der Waals surface area contributed by atoms with E-state index in [1.165, 1.54) is 16.9 Å². The standard InChI is InChI=1S/C18H21F3N4O.ClH/c1-12-16(17(26)24-7-6-13(11-24)9-22-2)10-23-25(12)15-5-3-4-14(8-15)18(19,20)21;/h3-5,8,10,13,22H,6-7,9,11H2,1-2H3;1H. The fraction of sp³-hybridized carbons (Fsp3) is 0.444. The molecule has 5 nitrogen and oxygen atoms in total. The van der Waals surface area contributed by atoms with Crippen LogP contribution >= 0.6 is 12.4 Å². The number of halogens is 4. The lowest BCUT2D eigenvalue weighted by Gasteiger charge is -2.16. The minimum Gasteiger partial charge on any atom is -0.338 e. The van der Waals surface area contributed by atoms with Gasteiger partial charge in [0.1, 0.15) is 0 Å². The summed E-state index contributed by atoms with van der Waals surface area (Å²) in [4.78, 5) is 14.5. The monoisotopic (exact) mass is 402 g/mol. The Bertz CT molecular complexity index is 806. The van der Waals surface area contributed by atoms with Gasteiger partial charge in [0.25, 0.3) is 5.91 Å². The van der Waals surface area contributed by atoms with Gasteiger partial charge in [0.05, 0.1) is 28.7 Å². The molecular weight excluding hydrogens is 381 g/mol. The van der Waals surface area contributed by atoms with Crippen molar-refractivity contribution in [1.82, 2.24) is 20.0 Å². The summed E-state index contributed by atoms with van der Waals surface area (Å²) in [6, 6.07) is 4.93. The third-order valence-corrected chi connectivity index (χ3v) is 4.72. The molecule has 0 radical (unpaired) electrons. The minimum absolute atomic E-state index is 0. The predicted molar refractivity (Wildman–Crippen MR) is 98.5 cm³/mol. The van der Waals surface area contributed by atoms with E-state index in [9.17, 15) is 18.0 Å². The van der Waals surface area contributed by atoms with E-state index in [0.29, 0.717) is 30.3 Å². The number of hydrogen-bond acceptors (Lipinski definition) is 3. The van der Waals surface area contributed by atoms with Gasteiger partial charge >= 0.3 is 6.18 Å². The first-order valence-corrected chi connectivity index (χ1v) is 8.47. The van der Waals surface area contributed by atoms with Crippen LogP contribution < -0.4 is 5.32 Å². The lowest BCUT2D eigenvalue weighted by Crippen LogP contribution is -2.30. The van der Waals surface area contributed by atoms with Gasteiger partial charge in [-0.2, -0.15) is 18.3 Å². The molecule has 1 fully saturated rings. The van der Waals surface area contributed by atoms with Crippen molar-refractivity contribution in [1.29, 1.82) is 0 Å². The Labute approximate surface area is 161 Å². The summed E-state index contributed by atoms with van der Waals surface area (Å²) in [7, 11) is 1.88. The van der Waals surface area contributed by atoms with E-state index in [2.05, 4.69) is 10.4 Å². The second-order valence-corrected chi connectivity index (χ2v) is 6.57. The molecule has 0 spiro atoms. The number of hydrogen-bond donors (Lipinski definition) is 1. The van der Waals surface area contributed by atoms with Crippen LogP contribution in [0.5, 0.6) is 0 Å². The number of aromatic nitrogens is 2. The second kappa shape index (κ2) is 8.31. The number of benzene rings is 1. The zero-order chi connectivity index (χ0) is 18.9. The molecule has 1 amide bonds. The first-order chi connectivity index (χ1) is 12.3. The summed E-state index contributed by atoms with van der Waals surface area (Å²) >= 11 is 0. The van der Waals surface area contributed by atoms with Gasteiger partial charge in [-0.15, -0.1) is 12.4 Å². The van der Waals surface area contributed by atoms with Gasteiger partial charge in [-0.3, -0.25) is 4.79 Å². The third-order valence-electron chi connectivity index (χ3n) is 4.72. The average Bonchev–Trinajstić information content (AvgIpc) is 3.21. The highest BCUT2D eigenvalue weighted by Crippen LogP contribution is 2.30.